The standard InChI is InChI=1S/C23H25FN8O2SSi/c1-36-14-4-5-16(15(24)13-14)30-9-6-29(7-10-30)8-11-31-20-18(35-23(31)33)21-26-19(17-3-2-12-34-17)28-32(21)22(25)27-20/h2-5,12-13H,6-11,36H2,1H3,(H2,25,27). The van der Waals surface area contributed by atoms with Gasteiger partial charge in [-0.2, -0.15) is 9.50 Å². The van der Waals surface area contributed by atoms with Crippen molar-refractivity contribution in [1.82, 2.24) is 29.0 Å². The number of nitrogen functional groups attached to an aromatic ring is 1. The number of anilines is 2. The summed E-state index contributed by atoms with van der Waals surface area (Å²) in [5.74, 6) is 0.918. The number of nitrogens with two attached hydrogens (primary N) is 1. The lowest BCUT2D eigenvalue weighted by Gasteiger charge is -2.36. The summed E-state index contributed by atoms with van der Waals surface area (Å²) in [5.41, 5.74) is 7.84. The third kappa shape index (κ3) is 3.98. The van der Waals surface area contributed by atoms with E-state index in [9.17, 15) is 9.18 Å². The molecule has 0 aliphatic carbocycles. The number of thiazole rings is 1. The summed E-state index contributed by atoms with van der Waals surface area (Å²) in [4.78, 5) is 26.2. The van der Waals surface area contributed by atoms with E-state index in [-0.39, 0.29) is 26.2 Å². The van der Waals surface area contributed by atoms with Crippen LogP contribution in [-0.2, 0) is 6.54 Å². The van der Waals surface area contributed by atoms with Crippen molar-refractivity contribution >= 4 is 53.7 Å². The minimum atomic E-state index is -0.372. The Morgan fingerprint density at radius 2 is 1.97 bits per heavy atom. The third-order valence-electron chi connectivity index (χ3n) is 6.63. The maximum atomic E-state index is 14.6. The summed E-state index contributed by atoms with van der Waals surface area (Å²) < 4.78 is 23.7. The normalized spacial score (nSPS) is 15.2. The number of furan rings is 1. The van der Waals surface area contributed by atoms with E-state index in [1.165, 1.54) is 4.52 Å². The van der Waals surface area contributed by atoms with E-state index in [1.54, 1.807) is 29.0 Å². The summed E-state index contributed by atoms with van der Waals surface area (Å²) in [7, 11) is -0.372. The highest BCUT2D eigenvalue weighted by Crippen LogP contribution is 2.26. The summed E-state index contributed by atoms with van der Waals surface area (Å²) in [6.45, 7) is 6.37. The molecular formula is C23H25FN8O2SSi. The molecule has 0 atom stereocenters. The Balaban J connectivity index is 1.19. The zero-order chi connectivity index (χ0) is 24.8. The molecule has 0 radical (unpaired) electrons. The molecule has 0 spiro atoms. The molecule has 13 heteroatoms. The Morgan fingerprint density at radius 1 is 1.14 bits per heavy atom. The zero-order valence-electron chi connectivity index (χ0n) is 19.7. The molecule has 1 aliphatic heterocycles. The number of aromatic nitrogens is 5. The predicted octanol–water partition coefficient (Wildman–Crippen LogP) is 1.15. The number of hydrogen-bond acceptors (Lipinski definition) is 9. The highest BCUT2D eigenvalue weighted by atomic mass is 32.1. The fourth-order valence-electron chi connectivity index (χ4n) is 4.62. The molecule has 1 aromatic carbocycles. The second kappa shape index (κ2) is 9.15. The topological polar surface area (TPSA) is 111 Å². The fourth-order valence-corrected chi connectivity index (χ4v) is 6.29. The quantitative estimate of drug-likeness (QED) is 0.330. The van der Waals surface area contributed by atoms with Gasteiger partial charge in [-0.15, -0.1) is 5.10 Å². The molecule has 36 heavy (non-hydrogen) atoms. The molecule has 4 aromatic heterocycles. The first-order valence-corrected chi connectivity index (χ1v) is 14.8. The molecule has 1 fully saturated rings. The van der Waals surface area contributed by atoms with Gasteiger partial charge in [0, 0.05) is 39.3 Å². The van der Waals surface area contributed by atoms with Gasteiger partial charge in [0.1, 0.15) is 10.5 Å². The van der Waals surface area contributed by atoms with Crippen LogP contribution in [0.15, 0.2) is 45.8 Å². The zero-order valence-corrected chi connectivity index (χ0v) is 22.0. The average Bonchev–Trinajstić information content (AvgIpc) is 3.62. The second-order valence-corrected chi connectivity index (χ2v) is 11.2. The first-order valence-electron chi connectivity index (χ1n) is 11.9. The van der Waals surface area contributed by atoms with Crippen LogP contribution in [0.4, 0.5) is 16.0 Å². The maximum Gasteiger partial charge on any atom is 0.309 e. The van der Waals surface area contributed by atoms with Crippen molar-refractivity contribution in [2.75, 3.05) is 43.4 Å². The van der Waals surface area contributed by atoms with Gasteiger partial charge in [-0.25, -0.2) is 9.37 Å². The number of rotatable bonds is 6. The van der Waals surface area contributed by atoms with Gasteiger partial charge >= 0.3 is 4.87 Å². The van der Waals surface area contributed by atoms with Gasteiger partial charge in [-0.05, 0) is 24.3 Å². The Bertz CT molecular complexity index is 1600. The van der Waals surface area contributed by atoms with Crippen LogP contribution >= 0.6 is 11.3 Å². The van der Waals surface area contributed by atoms with E-state index >= 15 is 0 Å². The number of fused-ring (bicyclic) bond motifs is 3. The molecule has 5 heterocycles. The van der Waals surface area contributed by atoms with Crippen LogP contribution in [0.3, 0.4) is 0 Å². The van der Waals surface area contributed by atoms with Gasteiger partial charge in [-0.1, -0.05) is 29.1 Å². The summed E-state index contributed by atoms with van der Waals surface area (Å²) >= 11 is 1.09. The smallest absolute Gasteiger partial charge is 0.309 e. The van der Waals surface area contributed by atoms with Gasteiger partial charge in [-0.3, -0.25) is 14.3 Å². The molecule has 0 bridgehead atoms. The van der Waals surface area contributed by atoms with Gasteiger partial charge in [0.25, 0.3) is 0 Å². The van der Waals surface area contributed by atoms with Crippen LogP contribution in [0.25, 0.3) is 27.6 Å². The Kier molecular flexibility index (Phi) is 5.82. The van der Waals surface area contributed by atoms with Crippen molar-refractivity contribution in [3.8, 4) is 11.6 Å². The van der Waals surface area contributed by atoms with Crippen LogP contribution < -0.4 is 20.7 Å². The summed E-state index contributed by atoms with van der Waals surface area (Å²) in [6.07, 6.45) is 1.55. The molecule has 2 N–H and O–H groups in total. The minimum Gasteiger partial charge on any atom is -0.461 e. The van der Waals surface area contributed by atoms with Crippen molar-refractivity contribution in [2.24, 2.45) is 0 Å². The number of hydrogen-bond donors (Lipinski definition) is 1. The van der Waals surface area contributed by atoms with Crippen molar-refractivity contribution in [2.45, 2.75) is 13.1 Å². The molecule has 1 aliphatic rings. The highest BCUT2D eigenvalue weighted by Gasteiger charge is 2.22. The number of halogens is 1. The Labute approximate surface area is 211 Å². The van der Waals surface area contributed by atoms with Crippen LogP contribution in [0, 0.1) is 5.82 Å². The predicted molar refractivity (Wildman–Crippen MR) is 142 cm³/mol. The summed E-state index contributed by atoms with van der Waals surface area (Å²) in [6, 6.07) is 9.16. The number of piperazine rings is 1. The van der Waals surface area contributed by atoms with E-state index in [2.05, 4.69) is 31.4 Å². The van der Waals surface area contributed by atoms with Gasteiger partial charge in [0.05, 0.1) is 21.5 Å². The fraction of sp³-hybridized carbons (Fsp3) is 0.304. The molecule has 0 saturated carbocycles. The van der Waals surface area contributed by atoms with Crippen LogP contribution in [0.1, 0.15) is 0 Å². The second-order valence-electron chi connectivity index (χ2n) is 8.76. The summed E-state index contributed by atoms with van der Waals surface area (Å²) in [5, 5.41) is 5.53. The number of nitrogens with zero attached hydrogens (tertiary/aromatic N) is 7. The molecular weight excluding hydrogens is 499 g/mol. The molecule has 5 aromatic rings. The molecule has 0 unspecified atom stereocenters. The van der Waals surface area contributed by atoms with Crippen LogP contribution in [0.2, 0.25) is 6.55 Å². The largest absolute Gasteiger partial charge is 0.461 e. The van der Waals surface area contributed by atoms with Crippen LogP contribution in [-0.4, -0.2) is 71.3 Å². The highest BCUT2D eigenvalue weighted by molar-refractivity contribution is 7.17. The molecule has 186 valence electrons. The maximum absolute atomic E-state index is 14.6. The molecule has 6 rings (SSSR count). The Morgan fingerprint density at radius 3 is 2.69 bits per heavy atom. The van der Waals surface area contributed by atoms with Crippen LogP contribution in [0.5, 0.6) is 0 Å². The lowest BCUT2D eigenvalue weighted by Crippen LogP contribution is -2.47. The first kappa shape index (κ1) is 22.9. The van der Waals surface area contributed by atoms with Crippen molar-refractivity contribution in [3.05, 3.63) is 52.1 Å². The van der Waals surface area contributed by atoms with Gasteiger partial charge in [0.15, 0.2) is 17.1 Å². The van der Waals surface area contributed by atoms with Crippen molar-refractivity contribution < 1.29 is 8.81 Å². The van der Waals surface area contributed by atoms with Crippen molar-refractivity contribution in [1.29, 1.82) is 0 Å². The number of benzene rings is 1. The lowest BCUT2D eigenvalue weighted by atomic mass is 10.2. The van der Waals surface area contributed by atoms with E-state index in [4.69, 9.17) is 10.2 Å². The van der Waals surface area contributed by atoms with E-state index in [0.29, 0.717) is 46.4 Å². The SMILES string of the molecule is C[SiH2]c1ccc(N2CCN(CCn3c(=O)sc4c3nc(N)n3nc(-c5ccco5)nc43)CC2)c(F)c1. The molecule has 10 nitrogen and oxygen atoms in total. The van der Waals surface area contributed by atoms with E-state index < -0.39 is 0 Å². The average molecular weight is 525 g/mol. The van der Waals surface area contributed by atoms with Crippen molar-refractivity contribution in [3.63, 3.8) is 0 Å². The van der Waals surface area contributed by atoms with Gasteiger partial charge in [0.2, 0.25) is 11.8 Å². The Hall–Kier alpha value is -3.55. The van der Waals surface area contributed by atoms with Gasteiger partial charge < -0.3 is 15.1 Å². The monoisotopic (exact) mass is 524 g/mol. The van der Waals surface area contributed by atoms with E-state index in [0.717, 1.165) is 42.7 Å². The first-order chi connectivity index (χ1) is 17.5. The lowest BCUT2D eigenvalue weighted by molar-refractivity contribution is 0.248. The minimum absolute atomic E-state index is 0.118. The molecule has 0 amide bonds. The third-order valence-corrected chi connectivity index (χ3v) is 8.85. The van der Waals surface area contributed by atoms with E-state index in [1.807, 2.05) is 12.1 Å². The molecule has 1 saturated heterocycles.